The average molecular weight is 429 g/mol. The molecule has 0 fully saturated rings. The van der Waals surface area contributed by atoms with E-state index < -0.39 is 15.3 Å². The van der Waals surface area contributed by atoms with Gasteiger partial charge in [-0.2, -0.15) is 0 Å². The number of fused-ring (bicyclic) bond motifs is 1. The summed E-state index contributed by atoms with van der Waals surface area (Å²) in [5.74, 6) is -0.239. The van der Waals surface area contributed by atoms with Crippen LogP contribution in [0.3, 0.4) is 0 Å². The Hall–Kier alpha value is -2.84. The predicted octanol–water partition coefficient (Wildman–Crippen LogP) is 1.90. The van der Waals surface area contributed by atoms with Gasteiger partial charge in [0.25, 0.3) is 0 Å². The van der Waals surface area contributed by atoms with Gasteiger partial charge in [0.15, 0.2) is 0 Å². The van der Waals surface area contributed by atoms with E-state index in [9.17, 15) is 13.2 Å². The first kappa shape index (κ1) is 21.9. The van der Waals surface area contributed by atoms with Gasteiger partial charge in [-0.25, -0.2) is 17.9 Å². The standard InChI is InChI=1S/C22H28N4O3S/c1-26(2)20-12-6-11-19-18(20)10-7-13-21(19)30(28,29)25-15-14-23-22(27)24-16-17-8-4-3-5-9-17/h3-13,19,21,25H,14-16H2,1-2H3,(H2,23,24,27). The van der Waals surface area contributed by atoms with E-state index in [1.54, 1.807) is 12.2 Å². The zero-order valence-electron chi connectivity index (χ0n) is 17.2. The van der Waals surface area contributed by atoms with Crippen molar-refractivity contribution in [1.29, 1.82) is 0 Å². The topological polar surface area (TPSA) is 90.5 Å². The lowest BCUT2D eigenvalue weighted by atomic mass is 9.85. The number of allylic oxidation sites excluding steroid dienone is 6. The highest BCUT2D eigenvalue weighted by Gasteiger charge is 2.35. The summed E-state index contributed by atoms with van der Waals surface area (Å²) in [4.78, 5) is 13.9. The molecule has 7 nitrogen and oxygen atoms in total. The average Bonchev–Trinajstić information content (AvgIpc) is 2.75. The van der Waals surface area contributed by atoms with E-state index in [1.807, 2.05) is 73.6 Å². The fourth-order valence-corrected chi connectivity index (χ4v) is 5.02. The van der Waals surface area contributed by atoms with Crippen molar-refractivity contribution in [2.24, 2.45) is 5.92 Å². The number of amides is 2. The fourth-order valence-electron chi connectivity index (χ4n) is 3.52. The maximum Gasteiger partial charge on any atom is 0.315 e. The van der Waals surface area contributed by atoms with E-state index in [0.717, 1.165) is 16.8 Å². The number of benzene rings is 1. The van der Waals surface area contributed by atoms with Gasteiger partial charge in [0.1, 0.15) is 5.25 Å². The van der Waals surface area contributed by atoms with E-state index in [2.05, 4.69) is 15.4 Å². The summed E-state index contributed by atoms with van der Waals surface area (Å²) >= 11 is 0. The molecule has 0 bridgehead atoms. The summed E-state index contributed by atoms with van der Waals surface area (Å²) in [5, 5.41) is 4.73. The second kappa shape index (κ2) is 9.77. The smallest absolute Gasteiger partial charge is 0.315 e. The van der Waals surface area contributed by atoms with Crippen molar-refractivity contribution < 1.29 is 13.2 Å². The van der Waals surface area contributed by atoms with Gasteiger partial charge in [-0.15, -0.1) is 0 Å². The Morgan fingerprint density at radius 1 is 1.00 bits per heavy atom. The first-order chi connectivity index (χ1) is 14.4. The SMILES string of the molecule is CN(C)C1=CC=CC2C1=CC=CC2S(=O)(=O)NCCNC(=O)NCc1ccccc1. The number of rotatable bonds is 8. The first-order valence-electron chi connectivity index (χ1n) is 9.87. The quantitative estimate of drug-likeness (QED) is 0.552. The van der Waals surface area contributed by atoms with Crippen molar-refractivity contribution in [2.75, 3.05) is 27.2 Å². The van der Waals surface area contributed by atoms with Crippen LogP contribution in [0.5, 0.6) is 0 Å². The molecule has 2 aliphatic carbocycles. The normalized spacial score (nSPS) is 20.1. The Labute approximate surface area is 178 Å². The van der Waals surface area contributed by atoms with Crippen LogP contribution in [-0.2, 0) is 16.6 Å². The molecule has 2 amide bonds. The number of nitrogens with one attached hydrogen (secondary N) is 3. The summed E-state index contributed by atoms with van der Waals surface area (Å²) in [6.45, 7) is 0.732. The molecule has 2 aliphatic rings. The Morgan fingerprint density at radius 3 is 2.47 bits per heavy atom. The lowest BCUT2D eigenvalue weighted by Crippen LogP contribution is -2.44. The van der Waals surface area contributed by atoms with Crippen molar-refractivity contribution in [2.45, 2.75) is 11.8 Å². The molecule has 160 valence electrons. The van der Waals surface area contributed by atoms with Gasteiger partial charge >= 0.3 is 6.03 Å². The highest BCUT2D eigenvalue weighted by Crippen LogP contribution is 2.35. The molecule has 0 saturated carbocycles. The van der Waals surface area contributed by atoms with Gasteiger partial charge in [-0.1, -0.05) is 60.7 Å². The molecule has 0 heterocycles. The Bertz CT molecular complexity index is 979. The lowest BCUT2D eigenvalue weighted by Gasteiger charge is -2.33. The van der Waals surface area contributed by atoms with E-state index >= 15 is 0 Å². The fraction of sp³-hybridized carbons (Fsp3) is 0.318. The Morgan fingerprint density at radius 2 is 1.73 bits per heavy atom. The molecular formula is C22H28N4O3S. The van der Waals surface area contributed by atoms with Crippen LogP contribution in [0.25, 0.3) is 0 Å². The third-order valence-corrected chi connectivity index (χ3v) is 6.78. The Kier molecular flexibility index (Phi) is 7.12. The molecule has 8 heteroatoms. The molecule has 0 spiro atoms. The summed E-state index contributed by atoms with van der Waals surface area (Å²) in [6, 6.07) is 9.23. The number of carbonyl (C=O) groups is 1. The van der Waals surface area contributed by atoms with Crippen LogP contribution >= 0.6 is 0 Å². The lowest BCUT2D eigenvalue weighted by molar-refractivity contribution is 0.240. The molecule has 2 unspecified atom stereocenters. The zero-order chi connectivity index (χ0) is 21.6. The summed E-state index contributed by atoms with van der Waals surface area (Å²) < 4.78 is 28.4. The third kappa shape index (κ3) is 5.40. The second-order valence-electron chi connectivity index (χ2n) is 7.36. The maximum atomic E-state index is 12.9. The molecule has 3 N–H and O–H groups in total. The maximum absolute atomic E-state index is 12.9. The van der Waals surface area contributed by atoms with Gasteiger partial charge in [-0.3, -0.25) is 0 Å². The highest BCUT2D eigenvalue weighted by molar-refractivity contribution is 7.90. The van der Waals surface area contributed by atoms with Crippen molar-refractivity contribution in [3.8, 4) is 0 Å². The Balaban J connectivity index is 1.48. The van der Waals surface area contributed by atoms with Gasteiger partial charge in [-0.05, 0) is 17.2 Å². The number of carbonyl (C=O) groups excluding carboxylic acids is 1. The van der Waals surface area contributed by atoms with Crippen LogP contribution in [0, 0.1) is 5.92 Å². The number of sulfonamides is 1. The number of likely N-dealkylation sites (N-methyl/N-ethyl adjacent to an activating group) is 1. The van der Waals surface area contributed by atoms with Gasteiger partial charge < -0.3 is 15.5 Å². The highest BCUT2D eigenvalue weighted by atomic mass is 32.2. The second-order valence-corrected chi connectivity index (χ2v) is 9.29. The van der Waals surface area contributed by atoms with E-state index in [1.165, 1.54) is 0 Å². The van der Waals surface area contributed by atoms with Crippen LogP contribution in [0.15, 0.2) is 78.1 Å². The van der Waals surface area contributed by atoms with E-state index in [-0.39, 0.29) is 25.0 Å². The van der Waals surface area contributed by atoms with E-state index in [0.29, 0.717) is 6.54 Å². The van der Waals surface area contributed by atoms with Crippen LogP contribution in [-0.4, -0.2) is 51.8 Å². The number of nitrogens with zero attached hydrogens (tertiary/aromatic N) is 1. The molecule has 0 saturated heterocycles. The van der Waals surface area contributed by atoms with Crippen LogP contribution in [0.2, 0.25) is 0 Å². The first-order valence-corrected chi connectivity index (χ1v) is 11.4. The van der Waals surface area contributed by atoms with Gasteiger partial charge in [0.05, 0.1) is 0 Å². The predicted molar refractivity (Wildman–Crippen MR) is 119 cm³/mol. The summed E-state index contributed by atoms with van der Waals surface area (Å²) in [7, 11) is 0.281. The molecule has 3 rings (SSSR count). The molecular weight excluding hydrogens is 400 g/mol. The largest absolute Gasteiger partial charge is 0.377 e. The number of hydrogen-bond donors (Lipinski definition) is 3. The molecule has 1 aromatic rings. The van der Waals surface area contributed by atoms with Crippen molar-refractivity contribution in [3.63, 3.8) is 0 Å². The third-order valence-electron chi connectivity index (χ3n) is 5.01. The van der Waals surface area contributed by atoms with Crippen LogP contribution in [0.1, 0.15) is 5.56 Å². The monoisotopic (exact) mass is 428 g/mol. The minimum atomic E-state index is -3.60. The van der Waals surface area contributed by atoms with Crippen LogP contribution < -0.4 is 15.4 Å². The van der Waals surface area contributed by atoms with Gasteiger partial charge in [0, 0.05) is 45.3 Å². The molecule has 30 heavy (non-hydrogen) atoms. The molecule has 0 radical (unpaired) electrons. The zero-order valence-corrected chi connectivity index (χ0v) is 18.0. The molecule has 0 aromatic heterocycles. The number of hydrogen-bond acceptors (Lipinski definition) is 4. The molecule has 1 aromatic carbocycles. The number of urea groups is 1. The summed E-state index contributed by atoms with van der Waals surface area (Å²) in [5.41, 5.74) is 2.98. The summed E-state index contributed by atoms with van der Waals surface area (Å²) in [6.07, 6.45) is 11.3. The van der Waals surface area contributed by atoms with Gasteiger partial charge in [0.2, 0.25) is 10.0 Å². The minimum absolute atomic E-state index is 0.122. The molecule has 2 atom stereocenters. The minimum Gasteiger partial charge on any atom is -0.377 e. The van der Waals surface area contributed by atoms with Crippen molar-refractivity contribution in [3.05, 3.63) is 83.6 Å². The van der Waals surface area contributed by atoms with E-state index in [4.69, 9.17) is 0 Å². The van der Waals surface area contributed by atoms with Crippen molar-refractivity contribution >= 4 is 16.1 Å². The van der Waals surface area contributed by atoms with Crippen LogP contribution in [0.4, 0.5) is 4.79 Å². The molecule has 0 aliphatic heterocycles. The van der Waals surface area contributed by atoms with Crippen molar-refractivity contribution in [1.82, 2.24) is 20.3 Å².